The fraction of sp³-hybridized carbons (Fsp3) is 0.0667. The Kier molecular flexibility index (Phi) is 6.00. The molecule has 4 nitrogen and oxygen atoms in total. The molecule has 7 heteroatoms. The van der Waals surface area contributed by atoms with Gasteiger partial charge in [-0.1, -0.05) is 41.4 Å². The van der Waals surface area contributed by atoms with E-state index in [1.54, 1.807) is 24.4 Å². The van der Waals surface area contributed by atoms with E-state index in [1.165, 1.54) is 0 Å². The van der Waals surface area contributed by atoms with Gasteiger partial charge in [-0.2, -0.15) is 5.10 Å². The number of hydrazone groups is 1. The van der Waals surface area contributed by atoms with Crippen LogP contribution in [0.4, 0.5) is 0 Å². The Morgan fingerprint density at radius 3 is 2.55 bits per heavy atom. The second kappa shape index (κ2) is 7.98. The lowest BCUT2D eigenvalue weighted by atomic mass is 10.2. The average molecular weight is 354 g/mol. The summed E-state index contributed by atoms with van der Waals surface area (Å²) >= 11 is 16.9. The van der Waals surface area contributed by atoms with Gasteiger partial charge in [-0.05, 0) is 36.5 Å². The Morgan fingerprint density at radius 1 is 1.18 bits per heavy atom. The van der Waals surface area contributed by atoms with E-state index in [0.29, 0.717) is 15.8 Å². The van der Waals surface area contributed by atoms with Crippen LogP contribution in [0.25, 0.3) is 0 Å². The molecule has 0 unspecified atom stereocenters. The van der Waals surface area contributed by atoms with Crippen LogP contribution in [0.2, 0.25) is 10.0 Å². The zero-order valence-corrected chi connectivity index (χ0v) is 13.8. The van der Waals surface area contributed by atoms with Crippen molar-refractivity contribution in [3.8, 4) is 5.75 Å². The van der Waals surface area contributed by atoms with Gasteiger partial charge in [0.25, 0.3) is 0 Å². The highest BCUT2D eigenvalue weighted by atomic mass is 35.5. The van der Waals surface area contributed by atoms with Gasteiger partial charge in [0.2, 0.25) is 0 Å². The predicted octanol–water partition coefficient (Wildman–Crippen LogP) is 3.74. The summed E-state index contributed by atoms with van der Waals surface area (Å²) < 4.78 is 5.79. The van der Waals surface area contributed by atoms with Crippen LogP contribution in [-0.4, -0.2) is 11.3 Å². The van der Waals surface area contributed by atoms with Gasteiger partial charge in [-0.25, -0.2) is 0 Å². The van der Waals surface area contributed by atoms with E-state index in [0.717, 1.165) is 11.1 Å². The highest BCUT2D eigenvalue weighted by Crippen LogP contribution is 2.26. The summed E-state index contributed by atoms with van der Waals surface area (Å²) in [6, 6.07) is 12.7. The summed E-state index contributed by atoms with van der Waals surface area (Å²) in [5, 5.41) is 5.14. The summed E-state index contributed by atoms with van der Waals surface area (Å²) in [6.45, 7) is 0.256. The normalized spacial score (nSPS) is 10.6. The maximum Gasteiger partial charge on any atom is 0.184 e. The summed E-state index contributed by atoms with van der Waals surface area (Å²) in [6.07, 6.45) is 1.57. The minimum absolute atomic E-state index is 0.0949. The zero-order valence-electron chi connectivity index (χ0n) is 11.4. The summed E-state index contributed by atoms with van der Waals surface area (Å²) in [7, 11) is 0. The fourth-order valence-electron chi connectivity index (χ4n) is 1.70. The number of hydrogen-bond acceptors (Lipinski definition) is 3. The van der Waals surface area contributed by atoms with Crippen molar-refractivity contribution < 1.29 is 4.74 Å². The maximum absolute atomic E-state index is 6.12. The molecule has 114 valence electrons. The molecule has 0 aliphatic heterocycles. The lowest BCUT2D eigenvalue weighted by Gasteiger charge is -2.11. The van der Waals surface area contributed by atoms with E-state index >= 15 is 0 Å². The number of ether oxygens (including phenoxy) is 1. The van der Waals surface area contributed by atoms with Crippen LogP contribution in [0, 0.1) is 0 Å². The van der Waals surface area contributed by atoms with Crippen LogP contribution < -0.4 is 15.9 Å². The number of nitrogens with one attached hydrogen (secondary N) is 1. The van der Waals surface area contributed by atoms with Gasteiger partial charge in [0, 0.05) is 21.2 Å². The van der Waals surface area contributed by atoms with Crippen LogP contribution in [0.5, 0.6) is 5.75 Å². The molecule has 0 aliphatic carbocycles. The highest BCUT2D eigenvalue weighted by molar-refractivity contribution is 7.80. The molecule has 2 rings (SSSR count). The molecule has 0 heterocycles. The third-order valence-corrected chi connectivity index (χ3v) is 3.53. The average Bonchev–Trinajstić information content (AvgIpc) is 2.48. The Balaban J connectivity index is 2.13. The predicted molar refractivity (Wildman–Crippen MR) is 94.8 cm³/mol. The quantitative estimate of drug-likeness (QED) is 0.488. The van der Waals surface area contributed by atoms with Crippen molar-refractivity contribution in [2.45, 2.75) is 6.61 Å². The van der Waals surface area contributed by atoms with Crippen molar-refractivity contribution in [2.24, 2.45) is 10.8 Å². The summed E-state index contributed by atoms with van der Waals surface area (Å²) in [5.74, 6) is 0.645. The third kappa shape index (κ3) is 4.59. The second-order valence-corrected chi connectivity index (χ2v) is 5.52. The van der Waals surface area contributed by atoms with E-state index in [9.17, 15) is 0 Å². The van der Waals surface area contributed by atoms with Gasteiger partial charge in [-0.3, -0.25) is 5.43 Å². The minimum atomic E-state index is 0.0949. The molecule has 0 aliphatic rings. The molecule has 0 saturated carbocycles. The summed E-state index contributed by atoms with van der Waals surface area (Å²) in [4.78, 5) is 0. The molecule has 0 saturated heterocycles. The molecule has 3 N–H and O–H groups in total. The largest absolute Gasteiger partial charge is 0.488 e. The molecule has 0 atom stereocenters. The highest BCUT2D eigenvalue weighted by Gasteiger charge is 2.07. The number of nitrogens with two attached hydrogens (primary N) is 1. The lowest BCUT2D eigenvalue weighted by Crippen LogP contribution is -2.24. The molecular formula is C15H13Cl2N3OS. The number of halogens is 2. The van der Waals surface area contributed by atoms with E-state index in [4.69, 9.17) is 33.7 Å². The van der Waals surface area contributed by atoms with Crippen molar-refractivity contribution in [3.63, 3.8) is 0 Å². The molecule has 0 bridgehead atoms. The Bertz CT molecular complexity index is 687. The van der Waals surface area contributed by atoms with Gasteiger partial charge >= 0.3 is 0 Å². The molecule has 22 heavy (non-hydrogen) atoms. The monoisotopic (exact) mass is 353 g/mol. The standard InChI is InChI=1S/C15H13Cl2N3OS/c16-12-5-3-6-13(17)11(12)9-21-14-7-2-1-4-10(14)8-19-20-15(18)22/h1-8H,9H2,(H3,18,20,22). The van der Waals surface area contributed by atoms with Gasteiger partial charge in [-0.15, -0.1) is 0 Å². The van der Waals surface area contributed by atoms with Crippen LogP contribution in [0.15, 0.2) is 47.6 Å². The number of rotatable bonds is 5. The molecule has 0 spiro atoms. The van der Waals surface area contributed by atoms with Crippen molar-refractivity contribution >= 4 is 46.7 Å². The molecular weight excluding hydrogens is 341 g/mol. The molecule has 0 fully saturated rings. The summed E-state index contributed by atoms with van der Waals surface area (Å²) in [5.41, 5.74) is 9.31. The first-order valence-corrected chi connectivity index (χ1v) is 7.47. The minimum Gasteiger partial charge on any atom is -0.488 e. The third-order valence-electron chi connectivity index (χ3n) is 2.73. The Labute approximate surface area is 143 Å². The molecule has 2 aromatic carbocycles. The number of hydrogen-bond donors (Lipinski definition) is 2. The smallest absolute Gasteiger partial charge is 0.184 e. The number of benzene rings is 2. The van der Waals surface area contributed by atoms with Gasteiger partial charge in [0.05, 0.1) is 6.21 Å². The fourth-order valence-corrected chi connectivity index (χ4v) is 2.26. The Hall–Kier alpha value is -1.82. The first kappa shape index (κ1) is 16.5. The van der Waals surface area contributed by atoms with Crippen LogP contribution in [0.3, 0.4) is 0 Å². The van der Waals surface area contributed by atoms with E-state index in [1.807, 2.05) is 24.3 Å². The molecule has 2 aromatic rings. The van der Waals surface area contributed by atoms with E-state index < -0.39 is 0 Å². The first-order chi connectivity index (χ1) is 10.6. The molecule has 0 radical (unpaired) electrons. The number of nitrogens with zero attached hydrogens (tertiary/aromatic N) is 1. The number of para-hydroxylation sites is 1. The van der Waals surface area contributed by atoms with Crippen molar-refractivity contribution in [1.82, 2.24) is 5.43 Å². The van der Waals surface area contributed by atoms with Gasteiger partial charge in [0.1, 0.15) is 12.4 Å². The van der Waals surface area contributed by atoms with Crippen LogP contribution in [0.1, 0.15) is 11.1 Å². The zero-order chi connectivity index (χ0) is 15.9. The SMILES string of the molecule is NC(=S)NN=Cc1ccccc1OCc1c(Cl)cccc1Cl. The van der Waals surface area contributed by atoms with Crippen molar-refractivity contribution in [1.29, 1.82) is 0 Å². The molecule has 0 aromatic heterocycles. The van der Waals surface area contributed by atoms with E-state index in [2.05, 4.69) is 22.7 Å². The first-order valence-electron chi connectivity index (χ1n) is 6.31. The van der Waals surface area contributed by atoms with E-state index in [-0.39, 0.29) is 11.7 Å². The van der Waals surface area contributed by atoms with Crippen molar-refractivity contribution in [2.75, 3.05) is 0 Å². The maximum atomic E-state index is 6.12. The topological polar surface area (TPSA) is 59.6 Å². The second-order valence-electron chi connectivity index (χ2n) is 4.26. The van der Waals surface area contributed by atoms with Crippen molar-refractivity contribution in [3.05, 3.63) is 63.6 Å². The van der Waals surface area contributed by atoms with Crippen LogP contribution in [-0.2, 0) is 6.61 Å². The number of thiocarbonyl (C=S) groups is 1. The van der Waals surface area contributed by atoms with Gasteiger partial charge < -0.3 is 10.5 Å². The lowest BCUT2D eigenvalue weighted by molar-refractivity contribution is 0.306. The van der Waals surface area contributed by atoms with Crippen LogP contribution >= 0.6 is 35.4 Å². The molecule has 0 amide bonds. The van der Waals surface area contributed by atoms with Gasteiger partial charge in [0.15, 0.2) is 5.11 Å². The Morgan fingerprint density at radius 2 is 1.86 bits per heavy atom.